The van der Waals surface area contributed by atoms with E-state index in [4.69, 9.17) is 10.00 Å². The van der Waals surface area contributed by atoms with Gasteiger partial charge in [0.1, 0.15) is 0 Å². The first-order valence-corrected chi connectivity index (χ1v) is 8.77. The van der Waals surface area contributed by atoms with Crippen molar-refractivity contribution in [3.05, 3.63) is 77.6 Å². The second kappa shape index (κ2) is 9.10. The number of hydrogen-bond donors (Lipinski definition) is 2. The van der Waals surface area contributed by atoms with Crippen LogP contribution in [0, 0.1) is 11.3 Å². The number of amides is 1. The van der Waals surface area contributed by atoms with Gasteiger partial charge in [0.15, 0.2) is 0 Å². The Balaban J connectivity index is 1.63. The van der Waals surface area contributed by atoms with Crippen molar-refractivity contribution in [2.24, 2.45) is 0 Å². The number of hydrogen-bond acceptors (Lipinski definition) is 7. The van der Waals surface area contributed by atoms with E-state index in [1.165, 1.54) is 12.4 Å². The van der Waals surface area contributed by atoms with Crippen LogP contribution in [0.4, 0.5) is 17.3 Å². The van der Waals surface area contributed by atoms with Crippen molar-refractivity contribution in [3.8, 4) is 6.07 Å². The largest absolute Gasteiger partial charge is 0.462 e. The normalized spacial score (nSPS) is 9.93. The molecule has 3 aromatic rings. The number of rotatable bonds is 6. The summed E-state index contributed by atoms with van der Waals surface area (Å²) in [6.07, 6.45) is 2.79. The molecule has 0 radical (unpaired) electrons. The predicted octanol–water partition coefficient (Wildman–Crippen LogP) is 3.52. The lowest BCUT2D eigenvalue weighted by Gasteiger charge is -2.08. The fraction of sp³-hybridized carbons (Fsp3) is 0.0952. The molecule has 0 saturated heterocycles. The number of nitrogens with one attached hydrogen (secondary N) is 2. The average Bonchev–Trinajstić information content (AvgIpc) is 2.75. The average molecular weight is 387 g/mol. The second-order valence-electron chi connectivity index (χ2n) is 5.86. The molecule has 0 spiro atoms. The SMILES string of the molecule is CCOC(=O)c1ccc(Nc2ncc(C(=O)Nc3cccc(C#N)c3)cn2)cc1. The smallest absolute Gasteiger partial charge is 0.338 e. The van der Waals surface area contributed by atoms with Gasteiger partial charge in [-0.1, -0.05) is 6.07 Å². The van der Waals surface area contributed by atoms with Crippen LogP contribution in [-0.4, -0.2) is 28.5 Å². The van der Waals surface area contributed by atoms with Crippen molar-refractivity contribution in [2.75, 3.05) is 17.2 Å². The van der Waals surface area contributed by atoms with Gasteiger partial charge in [-0.25, -0.2) is 14.8 Å². The summed E-state index contributed by atoms with van der Waals surface area (Å²) in [5.41, 5.74) is 2.37. The molecule has 2 N–H and O–H groups in total. The van der Waals surface area contributed by atoms with Crippen molar-refractivity contribution in [1.29, 1.82) is 5.26 Å². The summed E-state index contributed by atoms with van der Waals surface area (Å²) in [6.45, 7) is 2.06. The highest BCUT2D eigenvalue weighted by molar-refractivity contribution is 6.04. The number of esters is 1. The molecule has 144 valence electrons. The van der Waals surface area contributed by atoms with Crippen LogP contribution < -0.4 is 10.6 Å². The fourth-order valence-corrected chi connectivity index (χ4v) is 2.41. The molecule has 8 heteroatoms. The number of benzene rings is 2. The molecule has 0 aliphatic rings. The lowest BCUT2D eigenvalue weighted by Crippen LogP contribution is -2.13. The Morgan fingerprint density at radius 3 is 2.41 bits per heavy atom. The third-order valence-corrected chi connectivity index (χ3v) is 3.82. The van der Waals surface area contributed by atoms with Gasteiger partial charge in [-0.3, -0.25) is 4.79 Å². The van der Waals surface area contributed by atoms with E-state index in [9.17, 15) is 9.59 Å². The van der Waals surface area contributed by atoms with Crippen LogP contribution in [-0.2, 0) is 4.74 Å². The molecular formula is C21H17N5O3. The molecule has 1 amide bonds. The topological polar surface area (TPSA) is 117 Å². The second-order valence-corrected chi connectivity index (χ2v) is 5.86. The van der Waals surface area contributed by atoms with Gasteiger partial charge in [-0.15, -0.1) is 0 Å². The first-order valence-electron chi connectivity index (χ1n) is 8.77. The molecule has 1 aromatic heterocycles. The Labute approximate surface area is 167 Å². The van der Waals surface area contributed by atoms with Crippen LogP contribution >= 0.6 is 0 Å². The van der Waals surface area contributed by atoms with Crippen molar-refractivity contribution in [2.45, 2.75) is 6.92 Å². The molecule has 29 heavy (non-hydrogen) atoms. The van der Waals surface area contributed by atoms with E-state index in [1.807, 2.05) is 6.07 Å². The minimum atomic E-state index is -0.384. The zero-order valence-electron chi connectivity index (χ0n) is 15.5. The third kappa shape index (κ3) is 5.14. The molecular weight excluding hydrogens is 370 g/mol. The molecule has 0 aliphatic heterocycles. The number of carbonyl (C=O) groups excluding carboxylic acids is 2. The van der Waals surface area contributed by atoms with Gasteiger partial charge in [-0.05, 0) is 49.4 Å². The molecule has 0 aliphatic carbocycles. The monoisotopic (exact) mass is 387 g/mol. The van der Waals surface area contributed by atoms with Gasteiger partial charge in [0.2, 0.25) is 5.95 Å². The number of ether oxygens (including phenoxy) is 1. The Bertz CT molecular complexity index is 1060. The summed E-state index contributed by atoms with van der Waals surface area (Å²) in [5.74, 6) is -0.465. The van der Waals surface area contributed by atoms with E-state index in [-0.39, 0.29) is 17.4 Å². The Morgan fingerprint density at radius 1 is 1.03 bits per heavy atom. The first-order chi connectivity index (χ1) is 14.1. The molecule has 3 rings (SSSR count). The fourth-order valence-electron chi connectivity index (χ4n) is 2.41. The zero-order valence-corrected chi connectivity index (χ0v) is 15.5. The van der Waals surface area contributed by atoms with Crippen LogP contribution in [0.25, 0.3) is 0 Å². The summed E-state index contributed by atoms with van der Waals surface area (Å²) in [7, 11) is 0. The summed E-state index contributed by atoms with van der Waals surface area (Å²) >= 11 is 0. The highest BCUT2D eigenvalue weighted by Gasteiger charge is 2.09. The predicted molar refractivity (Wildman–Crippen MR) is 107 cm³/mol. The van der Waals surface area contributed by atoms with Crippen LogP contribution in [0.15, 0.2) is 60.9 Å². The van der Waals surface area contributed by atoms with Gasteiger partial charge < -0.3 is 15.4 Å². The number of anilines is 3. The van der Waals surface area contributed by atoms with Crippen LogP contribution in [0.2, 0.25) is 0 Å². The van der Waals surface area contributed by atoms with E-state index in [1.54, 1.807) is 55.5 Å². The molecule has 8 nitrogen and oxygen atoms in total. The maximum atomic E-state index is 12.3. The van der Waals surface area contributed by atoms with Crippen LogP contribution in [0.1, 0.15) is 33.2 Å². The third-order valence-electron chi connectivity index (χ3n) is 3.82. The zero-order chi connectivity index (χ0) is 20.6. The molecule has 2 aromatic carbocycles. The molecule has 0 unspecified atom stereocenters. The highest BCUT2D eigenvalue weighted by atomic mass is 16.5. The van der Waals surface area contributed by atoms with E-state index in [0.29, 0.717) is 35.1 Å². The van der Waals surface area contributed by atoms with Gasteiger partial charge in [0.25, 0.3) is 5.91 Å². The van der Waals surface area contributed by atoms with E-state index < -0.39 is 0 Å². The van der Waals surface area contributed by atoms with Crippen molar-refractivity contribution < 1.29 is 14.3 Å². The minimum Gasteiger partial charge on any atom is -0.462 e. The number of aromatic nitrogens is 2. The van der Waals surface area contributed by atoms with Gasteiger partial charge >= 0.3 is 5.97 Å². The molecule has 0 saturated carbocycles. The Kier molecular flexibility index (Phi) is 6.12. The highest BCUT2D eigenvalue weighted by Crippen LogP contribution is 2.15. The quantitative estimate of drug-likeness (QED) is 0.621. The maximum Gasteiger partial charge on any atom is 0.338 e. The van der Waals surface area contributed by atoms with Crippen LogP contribution in [0.5, 0.6) is 0 Å². The standard InChI is InChI=1S/C21H17N5O3/c1-2-29-20(28)15-6-8-17(9-7-15)26-21-23-12-16(13-24-21)19(27)25-18-5-3-4-14(10-18)11-22/h3-10,12-13H,2H2,1H3,(H,25,27)(H,23,24,26). The summed E-state index contributed by atoms with van der Waals surface area (Å²) < 4.78 is 4.94. The first kappa shape index (κ1) is 19.5. The molecule has 1 heterocycles. The summed E-state index contributed by atoms with van der Waals surface area (Å²) in [5, 5.41) is 14.6. The number of nitriles is 1. The van der Waals surface area contributed by atoms with Crippen molar-refractivity contribution >= 4 is 29.2 Å². The number of carbonyl (C=O) groups is 2. The lowest BCUT2D eigenvalue weighted by molar-refractivity contribution is 0.0526. The Hall–Kier alpha value is -4.25. The number of nitrogens with zero attached hydrogens (tertiary/aromatic N) is 3. The lowest BCUT2D eigenvalue weighted by atomic mass is 10.2. The van der Waals surface area contributed by atoms with E-state index >= 15 is 0 Å². The van der Waals surface area contributed by atoms with E-state index in [0.717, 1.165) is 0 Å². The van der Waals surface area contributed by atoms with Gasteiger partial charge in [0.05, 0.1) is 29.4 Å². The van der Waals surface area contributed by atoms with Gasteiger partial charge in [0, 0.05) is 23.8 Å². The van der Waals surface area contributed by atoms with Crippen molar-refractivity contribution in [1.82, 2.24) is 9.97 Å². The minimum absolute atomic E-state index is 0.274. The maximum absolute atomic E-state index is 12.3. The molecule has 0 bridgehead atoms. The Morgan fingerprint density at radius 2 is 1.76 bits per heavy atom. The van der Waals surface area contributed by atoms with Gasteiger partial charge in [-0.2, -0.15) is 5.26 Å². The van der Waals surface area contributed by atoms with E-state index in [2.05, 4.69) is 20.6 Å². The van der Waals surface area contributed by atoms with Crippen LogP contribution in [0.3, 0.4) is 0 Å². The summed E-state index contributed by atoms with van der Waals surface area (Å²) in [4.78, 5) is 32.2. The van der Waals surface area contributed by atoms with Crippen molar-refractivity contribution in [3.63, 3.8) is 0 Å². The molecule has 0 fully saturated rings. The molecule has 0 atom stereocenters. The summed E-state index contributed by atoms with van der Waals surface area (Å²) in [6, 6.07) is 15.3.